The molecular formula is C20H19N3O2. The topological polar surface area (TPSA) is 82.0 Å². The summed E-state index contributed by atoms with van der Waals surface area (Å²) in [6, 6.07) is 14.7. The summed E-state index contributed by atoms with van der Waals surface area (Å²) in [4.78, 5) is 24.7. The van der Waals surface area contributed by atoms with Crippen molar-refractivity contribution in [2.24, 2.45) is 11.8 Å². The average Bonchev–Trinajstić information content (AvgIpc) is 3.39. The molecule has 0 heterocycles. The normalized spacial score (nSPS) is 18.1. The molecule has 2 unspecified atom stereocenters. The van der Waals surface area contributed by atoms with Crippen LogP contribution < -0.4 is 10.6 Å². The van der Waals surface area contributed by atoms with Gasteiger partial charge in [0.1, 0.15) is 6.07 Å². The summed E-state index contributed by atoms with van der Waals surface area (Å²) in [5.74, 6) is -1.03. The van der Waals surface area contributed by atoms with Gasteiger partial charge in [-0.15, -0.1) is 0 Å². The zero-order valence-corrected chi connectivity index (χ0v) is 14.2. The van der Waals surface area contributed by atoms with Crippen LogP contribution in [0.25, 0.3) is 0 Å². The maximum Gasteiger partial charge on any atom is 0.228 e. The van der Waals surface area contributed by atoms with E-state index in [0.717, 1.165) is 16.8 Å². The minimum absolute atomic E-state index is 0.138. The van der Waals surface area contributed by atoms with Crippen LogP contribution in [0, 0.1) is 37.0 Å². The molecule has 1 saturated carbocycles. The molecule has 2 aromatic rings. The highest BCUT2D eigenvalue weighted by molar-refractivity contribution is 6.03. The summed E-state index contributed by atoms with van der Waals surface area (Å²) < 4.78 is 0. The number of carbonyl (C=O) groups excluding carboxylic acids is 2. The van der Waals surface area contributed by atoms with Crippen molar-refractivity contribution in [3.63, 3.8) is 0 Å². The number of carbonyl (C=O) groups is 2. The molecule has 0 aliphatic heterocycles. The van der Waals surface area contributed by atoms with Crippen LogP contribution in [-0.2, 0) is 9.59 Å². The van der Waals surface area contributed by atoms with E-state index in [1.54, 1.807) is 24.3 Å². The zero-order chi connectivity index (χ0) is 18.0. The molecule has 2 N–H and O–H groups in total. The van der Waals surface area contributed by atoms with Gasteiger partial charge >= 0.3 is 0 Å². The average molecular weight is 333 g/mol. The Morgan fingerprint density at radius 3 is 2.28 bits per heavy atom. The van der Waals surface area contributed by atoms with Crippen LogP contribution in [0.2, 0.25) is 0 Å². The molecule has 2 amide bonds. The minimum atomic E-state index is -0.350. The van der Waals surface area contributed by atoms with Gasteiger partial charge in [0.05, 0.1) is 23.1 Å². The lowest BCUT2D eigenvalue weighted by atomic mass is 10.1. The standard InChI is InChI=1S/C20H19N3O2/c1-12-7-8-17(13(2)9-12)22-19(24)15-10-16(15)20(25)23-18-6-4-3-5-14(18)11-21/h3-9,15-16H,10H2,1-2H3,(H,22,24)(H,23,25). The summed E-state index contributed by atoms with van der Waals surface area (Å²) in [5.41, 5.74) is 3.80. The maximum atomic E-state index is 12.4. The molecule has 1 fully saturated rings. The van der Waals surface area contributed by atoms with Gasteiger partial charge in [0.2, 0.25) is 11.8 Å². The van der Waals surface area contributed by atoms with E-state index in [2.05, 4.69) is 10.6 Å². The number of hydrogen-bond acceptors (Lipinski definition) is 3. The Balaban J connectivity index is 1.61. The zero-order valence-electron chi connectivity index (χ0n) is 14.2. The van der Waals surface area contributed by atoms with Gasteiger partial charge in [0.15, 0.2) is 0 Å². The smallest absolute Gasteiger partial charge is 0.228 e. The van der Waals surface area contributed by atoms with Crippen LogP contribution >= 0.6 is 0 Å². The Morgan fingerprint density at radius 2 is 1.64 bits per heavy atom. The Hall–Kier alpha value is -3.13. The van der Waals surface area contributed by atoms with E-state index in [9.17, 15) is 9.59 Å². The van der Waals surface area contributed by atoms with Gasteiger partial charge in [-0.2, -0.15) is 5.26 Å². The Labute approximate surface area is 146 Å². The number of nitrogens with one attached hydrogen (secondary N) is 2. The van der Waals surface area contributed by atoms with E-state index in [1.165, 1.54) is 0 Å². The number of benzene rings is 2. The lowest BCUT2D eigenvalue weighted by Gasteiger charge is -2.09. The molecule has 5 nitrogen and oxygen atoms in total. The monoisotopic (exact) mass is 333 g/mol. The number of rotatable bonds is 4. The fourth-order valence-corrected chi connectivity index (χ4v) is 2.87. The van der Waals surface area contributed by atoms with Crippen LogP contribution in [0.15, 0.2) is 42.5 Å². The largest absolute Gasteiger partial charge is 0.326 e. The van der Waals surface area contributed by atoms with Crippen molar-refractivity contribution in [3.05, 3.63) is 59.2 Å². The molecule has 2 atom stereocenters. The van der Waals surface area contributed by atoms with Crippen LogP contribution in [0.5, 0.6) is 0 Å². The second-order valence-corrected chi connectivity index (χ2v) is 6.40. The fraction of sp³-hybridized carbons (Fsp3) is 0.250. The predicted octanol–water partition coefficient (Wildman–Crippen LogP) is 3.39. The van der Waals surface area contributed by atoms with Crippen LogP contribution in [0.3, 0.4) is 0 Å². The molecule has 0 saturated heterocycles. The summed E-state index contributed by atoms with van der Waals surface area (Å²) in [6.07, 6.45) is 0.525. The molecule has 0 bridgehead atoms. The van der Waals surface area contributed by atoms with Crippen molar-refractivity contribution in [3.8, 4) is 6.07 Å². The van der Waals surface area contributed by atoms with E-state index in [-0.39, 0.29) is 23.7 Å². The summed E-state index contributed by atoms with van der Waals surface area (Å²) in [6.45, 7) is 3.94. The SMILES string of the molecule is Cc1ccc(NC(=O)C2CC2C(=O)Nc2ccccc2C#N)c(C)c1. The molecule has 0 radical (unpaired) electrons. The fourth-order valence-electron chi connectivity index (χ4n) is 2.87. The van der Waals surface area contributed by atoms with E-state index < -0.39 is 0 Å². The Morgan fingerprint density at radius 1 is 1.00 bits per heavy atom. The van der Waals surface area contributed by atoms with Gasteiger partial charge in [-0.1, -0.05) is 29.8 Å². The number of nitrogens with zero attached hydrogens (tertiary/aromatic N) is 1. The van der Waals surface area contributed by atoms with Crippen molar-refractivity contribution in [1.82, 2.24) is 0 Å². The third kappa shape index (κ3) is 3.69. The highest BCUT2D eigenvalue weighted by atomic mass is 16.2. The lowest BCUT2D eigenvalue weighted by molar-refractivity contribution is -0.122. The van der Waals surface area contributed by atoms with E-state index in [1.807, 2.05) is 38.1 Å². The molecule has 1 aliphatic carbocycles. The summed E-state index contributed by atoms with van der Waals surface area (Å²) >= 11 is 0. The first-order chi connectivity index (χ1) is 12.0. The number of para-hydroxylation sites is 1. The van der Waals surface area contributed by atoms with Gasteiger partial charge in [-0.05, 0) is 44.0 Å². The number of nitriles is 1. The van der Waals surface area contributed by atoms with Crippen LogP contribution in [0.4, 0.5) is 11.4 Å². The molecule has 5 heteroatoms. The minimum Gasteiger partial charge on any atom is -0.326 e. The quantitative estimate of drug-likeness (QED) is 0.900. The second kappa shape index (κ2) is 6.78. The van der Waals surface area contributed by atoms with E-state index in [0.29, 0.717) is 17.7 Å². The van der Waals surface area contributed by atoms with Gasteiger partial charge in [-0.3, -0.25) is 9.59 Å². The molecule has 25 heavy (non-hydrogen) atoms. The van der Waals surface area contributed by atoms with Crippen molar-refractivity contribution >= 4 is 23.2 Å². The van der Waals surface area contributed by atoms with Gasteiger partial charge in [-0.25, -0.2) is 0 Å². The van der Waals surface area contributed by atoms with Crippen LogP contribution in [-0.4, -0.2) is 11.8 Å². The molecule has 0 aromatic heterocycles. The Kier molecular flexibility index (Phi) is 4.53. The van der Waals surface area contributed by atoms with E-state index >= 15 is 0 Å². The molecule has 3 rings (SSSR count). The predicted molar refractivity (Wildman–Crippen MR) is 95.9 cm³/mol. The second-order valence-electron chi connectivity index (χ2n) is 6.40. The van der Waals surface area contributed by atoms with Crippen molar-refractivity contribution < 1.29 is 9.59 Å². The van der Waals surface area contributed by atoms with Crippen molar-refractivity contribution in [1.29, 1.82) is 5.26 Å². The third-order valence-electron chi connectivity index (χ3n) is 4.41. The maximum absolute atomic E-state index is 12.4. The molecule has 0 spiro atoms. The molecule has 2 aromatic carbocycles. The first-order valence-electron chi connectivity index (χ1n) is 8.17. The molecular weight excluding hydrogens is 314 g/mol. The van der Waals surface area contributed by atoms with Gasteiger partial charge in [0.25, 0.3) is 0 Å². The van der Waals surface area contributed by atoms with Gasteiger partial charge < -0.3 is 10.6 Å². The highest BCUT2D eigenvalue weighted by Crippen LogP contribution is 2.40. The van der Waals surface area contributed by atoms with E-state index in [4.69, 9.17) is 5.26 Å². The van der Waals surface area contributed by atoms with Crippen molar-refractivity contribution in [2.75, 3.05) is 10.6 Å². The van der Waals surface area contributed by atoms with Gasteiger partial charge in [0, 0.05) is 5.69 Å². The van der Waals surface area contributed by atoms with Crippen LogP contribution in [0.1, 0.15) is 23.1 Å². The first kappa shape index (κ1) is 16.7. The highest BCUT2D eigenvalue weighted by Gasteiger charge is 2.48. The number of amides is 2. The molecule has 126 valence electrons. The lowest BCUT2D eigenvalue weighted by Crippen LogP contribution is -2.21. The Bertz CT molecular complexity index is 883. The molecule has 1 aliphatic rings. The summed E-state index contributed by atoms with van der Waals surface area (Å²) in [5, 5.41) is 14.7. The number of hydrogen-bond donors (Lipinski definition) is 2. The summed E-state index contributed by atoms with van der Waals surface area (Å²) in [7, 11) is 0. The van der Waals surface area contributed by atoms with Crippen molar-refractivity contribution in [2.45, 2.75) is 20.3 Å². The first-order valence-corrected chi connectivity index (χ1v) is 8.17. The third-order valence-corrected chi connectivity index (χ3v) is 4.41. The number of anilines is 2. The number of aryl methyl sites for hydroxylation is 2.